The second-order valence-electron chi connectivity index (χ2n) is 5.50. The highest BCUT2D eigenvalue weighted by Crippen LogP contribution is 2.16. The summed E-state index contributed by atoms with van der Waals surface area (Å²) in [5, 5.41) is 12.0. The number of hydrogen-bond donors (Lipinski definition) is 2. The molecule has 2 rings (SSSR count). The van der Waals surface area contributed by atoms with Crippen LogP contribution in [-0.2, 0) is 0 Å². The van der Waals surface area contributed by atoms with Gasteiger partial charge in [0.1, 0.15) is 0 Å². The molecule has 5 heteroatoms. The molecule has 0 radical (unpaired) electrons. The number of aliphatic hydroxyl groups excluding tert-OH is 1. The number of nitrogens with zero attached hydrogens (tertiary/aromatic N) is 2. The Bertz CT molecular complexity index is 614. The van der Waals surface area contributed by atoms with Crippen LogP contribution in [0.5, 0.6) is 0 Å². The molecule has 0 fully saturated rings. The Morgan fingerprint density at radius 3 is 2.41 bits per heavy atom. The predicted octanol–water partition coefficient (Wildman–Crippen LogP) is 2.42. The van der Waals surface area contributed by atoms with Crippen LogP contribution < -0.4 is 5.32 Å². The van der Waals surface area contributed by atoms with Gasteiger partial charge in [-0.3, -0.25) is 4.79 Å². The molecule has 1 heterocycles. The topological polar surface area (TPSA) is 75.1 Å². The van der Waals surface area contributed by atoms with E-state index in [1.54, 1.807) is 0 Å². The van der Waals surface area contributed by atoms with Gasteiger partial charge in [-0.15, -0.1) is 0 Å². The molecule has 1 aromatic heterocycles. The molecule has 0 saturated heterocycles. The smallest absolute Gasteiger partial charge is 0.254 e. The van der Waals surface area contributed by atoms with Crippen molar-refractivity contribution >= 4 is 5.91 Å². The Kier molecular flexibility index (Phi) is 5.22. The van der Waals surface area contributed by atoms with Gasteiger partial charge < -0.3 is 10.4 Å². The molecule has 2 aromatic rings. The zero-order valence-electron chi connectivity index (χ0n) is 12.9. The molecule has 0 spiro atoms. The van der Waals surface area contributed by atoms with Crippen molar-refractivity contribution in [2.24, 2.45) is 0 Å². The van der Waals surface area contributed by atoms with E-state index in [-0.39, 0.29) is 12.5 Å². The summed E-state index contributed by atoms with van der Waals surface area (Å²) >= 11 is 0. The van der Waals surface area contributed by atoms with Gasteiger partial charge in [0, 0.05) is 30.1 Å². The minimum Gasteiger partial charge on any atom is -0.396 e. The predicted molar refractivity (Wildman–Crippen MR) is 85.3 cm³/mol. The highest BCUT2D eigenvalue weighted by atomic mass is 16.3. The number of aromatic nitrogens is 2. The SMILES string of the molecule is CCC(C)(CCO)NC(=O)c1cnc(-c2ccccc2)nc1. The molecule has 1 aromatic carbocycles. The summed E-state index contributed by atoms with van der Waals surface area (Å²) in [5.74, 6) is 0.364. The first-order chi connectivity index (χ1) is 10.6. The van der Waals surface area contributed by atoms with Crippen LogP contribution in [0.15, 0.2) is 42.7 Å². The van der Waals surface area contributed by atoms with Crippen LogP contribution in [0.25, 0.3) is 11.4 Å². The zero-order valence-corrected chi connectivity index (χ0v) is 12.9. The summed E-state index contributed by atoms with van der Waals surface area (Å²) in [6.45, 7) is 3.93. The third kappa shape index (κ3) is 3.89. The third-order valence-electron chi connectivity index (χ3n) is 3.81. The van der Waals surface area contributed by atoms with Crippen LogP contribution in [0.2, 0.25) is 0 Å². The lowest BCUT2D eigenvalue weighted by Crippen LogP contribution is -2.46. The van der Waals surface area contributed by atoms with E-state index in [1.807, 2.05) is 44.2 Å². The largest absolute Gasteiger partial charge is 0.396 e. The van der Waals surface area contributed by atoms with E-state index in [2.05, 4.69) is 15.3 Å². The maximum atomic E-state index is 12.3. The van der Waals surface area contributed by atoms with Crippen LogP contribution in [0.1, 0.15) is 37.0 Å². The van der Waals surface area contributed by atoms with Crippen molar-refractivity contribution in [1.82, 2.24) is 15.3 Å². The van der Waals surface area contributed by atoms with Crippen LogP contribution in [-0.4, -0.2) is 33.1 Å². The maximum absolute atomic E-state index is 12.3. The number of amides is 1. The van der Waals surface area contributed by atoms with E-state index < -0.39 is 5.54 Å². The van der Waals surface area contributed by atoms with E-state index in [9.17, 15) is 4.79 Å². The Labute approximate surface area is 130 Å². The fraction of sp³-hybridized carbons (Fsp3) is 0.353. The average molecular weight is 299 g/mol. The van der Waals surface area contributed by atoms with Gasteiger partial charge in [0.15, 0.2) is 5.82 Å². The van der Waals surface area contributed by atoms with E-state index in [0.717, 1.165) is 12.0 Å². The van der Waals surface area contributed by atoms with Crippen LogP contribution in [0.3, 0.4) is 0 Å². The molecular weight excluding hydrogens is 278 g/mol. The van der Waals surface area contributed by atoms with Gasteiger partial charge in [-0.25, -0.2) is 9.97 Å². The van der Waals surface area contributed by atoms with Gasteiger partial charge in [0.2, 0.25) is 0 Å². The molecule has 0 aliphatic carbocycles. The Hall–Kier alpha value is -2.27. The fourth-order valence-electron chi connectivity index (χ4n) is 2.10. The lowest BCUT2D eigenvalue weighted by atomic mass is 9.94. The molecule has 0 aliphatic heterocycles. The fourth-order valence-corrected chi connectivity index (χ4v) is 2.10. The monoisotopic (exact) mass is 299 g/mol. The molecular formula is C17H21N3O2. The van der Waals surface area contributed by atoms with Crippen molar-refractivity contribution in [2.45, 2.75) is 32.2 Å². The van der Waals surface area contributed by atoms with Crippen molar-refractivity contribution in [2.75, 3.05) is 6.61 Å². The number of carbonyl (C=O) groups excluding carboxylic acids is 1. The molecule has 116 valence electrons. The molecule has 0 aliphatic rings. The van der Waals surface area contributed by atoms with Crippen molar-refractivity contribution in [3.8, 4) is 11.4 Å². The number of nitrogens with one attached hydrogen (secondary N) is 1. The molecule has 0 bridgehead atoms. The molecule has 5 nitrogen and oxygen atoms in total. The first-order valence-electron chi connectivity index (χ1n) is 7.39. The van der Waals surface area contributed by atoms with Crippen molar-refractivity contribution < 1.29 is 9.90 Å². The van der Waals surface area contributed by atoms with E-state index in [4.69, 9.17) is 5.11 Å². The second-order valence-corrected chi connectivity index (χ2v) is 5.50. The lowest BCUT2D eigenvalue weighted by Gasteiger charge is -2.28. The van der Waals surface area contributed by atoms with Crippen LogP contribution in [0.4, 0.5) is 0 Å². The third-order valence-corrected chi connectivity index (χ3v) is 3.81. The standard InChI is InChI=1S/C17H21N3O2/c1-3-17(2,9-10-21)20-16(22)14-11-18-15(19-12-14)13-7-5-4-6-8-13/h4-8,11-12,21H,3,9-10H2,1-2H3,(H,20,22). The van der Waals surface area contributed by atoms with Crippen molar-refractivity contribution in [1.29, 1.82) is 0 Å². The summed E-state index contributed by atoms with van der Waals surface area (Å²) in [4.78, 5) is 20.8. The van der Waals surface area contributed by atoms with Gasteiger partial charge >= 0.3 is 0 Å². The normalized spacial score (nSPS) is 13.4. The number of benzene rings is 1. The van der Waals surface area contributed by atoms with Crippen molar-refractivity contribution in [3.63, 3.8) is 0 Å². The Morgan fingerprint density at radius 1 is 1.23 bits per heavy atom. The molecule has 0 saturated carbocycles. The number of aliphatic hydroxyl groups is 1. The Balaban J connectivity index is 2.12. The number of hydrogen-bond acceptors (Lipinski definition) is 4. The van der Waals surface area contributed by atoms with Gasteiger partial charge in [-0.2, -0.15) is 0 Å². The van der Waals surface area contributed by atoms with Gasteiger partial charge in [0.25, 0.3) is 5.91 Å². The summed E-state index contributed by atoms with van der Waals surface area (Å²) in [6, 6.07) is 9.61. The van der Waals surface area contributed by atoms with Gasteiger partial charge in [0.05, 0.1) is 5.56 Å². The summed E-state index contributed by atoms with van der Waals surface area (Å²) < 4.78 is 0. The minimum absolute atomic E-state index is 0.0358. The highest BCUT2D eigenvalue weighted by molar-refractivity contribution is 5.94. The minimum atomic E-state index is -0.427. The van der Waals surface area contributed by atoms with E-state index in [0.29, 0.717) is 17.8 Å². The number of carbonyl (C=O) groups is 1. The first-order valence-corrected chi connectivity index (χ1v) is 7.39. The van der Waals surface area contributed by atoms with E-state index in [1.165, 1.54) is 12.4 Å². The average Bonchev–Trinajstić information content (AvgIpc) is 2.56. The Morgan fingerprint density at radius 2 is 1.86 bits per heavy atom. The summed E-state index contributed by atoms with van der Waals surface area (Å²) in [5.41, 5.74) is 0.898. The lowest BCUT2D eigenvalue weighted by molar-refractivity contribution is 0.0885. The molecule has 22 heavy (non-hydrogen) atoms. The first kappa shape index (κ1) is 16.1. The van der Waals surface area contributed by atoms with Crippen LogP contribution >= 0.6 is 0 Å². The molecule has 2 N–H and O–H groups in total. The highest BCUT2D eigenvalue weighted by Gasteiger charge is 2.24. The van der Waals surface area contributed by atoms with Gasteiger partial charge in [-0.1, -0.05) is 37.3 Å². The van der Waals surface area contributed by atoms with Gasteiger partial charge in [-0.05, 0) is 19.8 Å². The van der Waals surface area contributed by atoms with E-state index >= 15 is 0 Å². The second kappa shape index (κ2) is 7.13. The zero-order chi connectivity index (χ0) is 16.0. The number of rotatable bonds is 6. The maximum Gasteiger partial charge on any atom is 0.254 e. The summed E-state index contributed by atoms with van der Waals surface area (Å²) in [6.07, 6.45) is 4.31. The quantitative estimate of drug-likeness (QED) is 0.859. The van der Waals surface area contributed by atoms with Crippen LogP contribution in [0, 0.1) is 0 Å². The molecule has 1 unspecified atom stereocenters. The molecule has 1 atom stereocenters. The summed E-state index contributed by atoms with van der Waals surface area (Å²) in [7, 11) is 0. The molecule has 1 amide bonds. The van der Waals surface area contributed by atoms with Crippen molar-refractivity contribution in [3.05, 3.63) is 48.3 Å².